The molecule has 0 bridgehead atoms. The number of aromatic nitrogens is 1. The first-order valence-electron chi connectivity index (χ1n) is 10.3. The van der Waals surface area contributed by atoms with Crippen molar-refractivity contribution in [3.63, 3.8) is 0 Å². The van der Waals surface area contributed by atoms with Crippen molar-refractivity contribution in [3.8, 4) is 11.5 Å². The second kappa shape index (κ2) is 6.15. The SMILES string of the molecule is O=C(NC1CC23CCN2CCC13)c1cccc2oc(-c3ccccc3CO)nc12. The van der Waals surface area contributed by atoms with E-state index in [0.717, 1.165) is 17.5 Å². The van der Waals surface area contributed by atoms with Crippen LogP contribution in [-0.4, -0.2) is 45.6 Å². The molecule has 29 heavy (non-hydrogen) atoms. The van der Waals surface area contributed by atoms with E-state index in [1.807, 2.05) is 36.4 Å². The van der Waals surface area contributed by atoms with Crippen molar-refractivity contribution in [2.24, 2.45) is 5.92 Å². The van der Waals surface area contributed by atoms with Gasteiger partial charge in [0.1, 0.15) is 5.52 Å². The van der Waals surface area contributed by atoms with Crippen LogP contribution in [0.15, 0.2) is 46.9 Å². The number of aliphatic hydroxyl groups is 1. The molecule has 2 N–H and O–H groups in total. The fourth-order valence-corrected chi connectivity index (χ4v) is 5.71. The molecular weight excluding hydrogens is 366 g/mol. The molecule has 3 fully saturated rings. The Bertz CT molecular complexity index is 1120. The van der Waals surface area contributed by atoms with Crippen LogP contribution in [0.1, 0.15) is 35.2 Å². The van der Waals surface area contributed by atoms with Gasteiger partial charge in [0.05, 0.1) is 12.2 Å². The zero-order valence-corrected chi connectivity index (χ0v) is 16.1. The Kier molecular flexibility index (Phi) is 3.64. The Morgan fingerprint density at radius 3 is 2.97 bits per heavy atom. The third-order valence-electron chi connectivity index (χ3n) is 7.30. The van der Waals surface area contributed by atoms with Crippen molar-refractivity contribution in [3.05, 3.63) is 53.6 Å². The van der Waals surface area contributed by atoms with Gasteiger partial charge in [-0.3, -0.25) is 9.69 Å². The summed E-state index contributed by atoms with van der Waals surface area (Å²) in [5, 5.41) is 12.9. The summed E-state index contributed by atoms with van der Waals surface area (Å²) in [6.07, 6.45) is 3.52. The minimum absolute atomic E-state index is 0.0801. The number of fused-ring (bicyclic) bond motifs is 1. The van der Waals surface area contributed by atoms with Crippen molar-refractivity contribution in [2.45, 2.75) is 37.5 Å². The van der Waals surface area contributed by atoms with Gasteiger partial charge in [0.2, 0.25) is 5.89 Å². The topological polar surface area (TPSA) is 78.6 Å². The molecule has 1 amide bonds. The van der Waals surface area contributed by atoms with E-state index < -0.39 is 0 Å². The number of carbonyl (C=O) groups is 1. The van der Waals surface area contributed by atoms with Crippen LogP contribution in [0.3, 0.4) is 0 Å². The summed E-state index contributed by atoms with van der Waals surface area (Å²) >= 11 is 0. The molecule has 3 heterocycles. The molecule has 6 nitrogen and oxygen atoms in total. The summed E-state index contributed by atoms with van der Waals surface area (Å²) < 4.78 is 5.93. The van der Waals surface area contributed by atoms with Crippen LogP contribution in [-0.2, 0) is 6.61 Å². The number of oxazole rings is 1. The Hall–Kier alpha value is -2.70. The molecule has 0 radical (unpaired) electrons. The van der Waals surface area contributed by atoms with Gasteiger partial charge in [-0.1, -0.05) is 24.3 Å². The van der Waals surface area contributed by atoms with E-state index in [1.165, 1.54) is 25.9 Å². The molecule has 2 aliphatic heterocycles. The van der Waals surface area contributed by atoms with E-state index >= 15 is 0 Å². The van der Waals surface area contributed by atoms with Crippen molar-refractivity contribution in [1.29, 1.82) is 0 Å². The van der Waals surface area contributed by atoms with Crippen LogP contribution < -0.4 is 5.32 Å². The Morgan fingerprint density at radius 1 is 1.24 bits per heavy atom. The molecular formula is C23H23N3O3. The van der Waals surface area contributed by atoms with Gasteiger partial charge in [-0.25, -0.2) is 4.98 Å². The van der Waals surface area contributed by atoms with E-state index in [4.69, 9.17) is 4.42 Å². The van der Waals surface area contributed by atoms with E-state index in [-0.39, 0.29) is 18.6 Å². The monoisotopic (exact) mass is 389 g/mol. The highest BCUT2D eigenvalue weighted by molar-refractivity contribution is 6.05. The van der Waals surface area contributed by atoms with Gasteiger partial charge in [0.25, 0.3) is 5.91 Å². The number of amides is 1. The molecule has 1 aliphatic carbocycles. The zero-order chi connectivity index (χ0) is 19.6. The van der Waals surface area contributed by atoms with Crippen LogP contribution >= 0.6 is 0 Å². The lowest BCUT2D eigenvalue weighted by Gasteiger charge is -2.61. The second-order valence-corrected chi connectivity index (χ2v) is 8.51. The molecule has 1 saturated carbocycles. The van der Waals surface area contributed by atoms with Crippen LogP contribution in [0, 0.1) is 5.92 Å². The van der Waals surface area contributed by atoms with Crippen molar-refractivity contribution >= 4 is 17.0 Å². The van der Waals surface area contributed by atoms with Crippen LogP contribution in [0.2, 0.25) is 0 Å². The van der Waals surface area contributed by atoms with Gasteiger partial charge >= 0.3 is 0 Å². The number of nitrogens with zero attached hydrogens (tertiary/aromatic N) is 2. The summed E-state index contributed by atoms with van der Waals surface area (Å²) in [6.45, 7) is 2.29. The van der Waals surface area contributed by atoms with E-state index in [1.54, 1.807) is 6.07 Å². The number of rotatable bonds is 4. The molecule has 6 heteroatoms. The third kappa shape index (κ3) is 2.36. The average Bonchev–Trinajstić information content (AvgIpc) is 3.23. The summed E-state index contributed by atoms with van der Waals surface area (Å²) in [6, 6.07) is 13.2. The third-order valence-corrected chi connectivity index (χ3v) is 7.30. The maximum Gasteiger partial charge on any atom is 0.253 e. The van der Waals surface area contributed by atoms with Gasteiger partial charge in [-0.15, -0.1) is 0 Å². The summed E-state index contributed by atoms with van der Waals surface area (Å²) in [7, 11) is 0. The fourth-order valence-electron chi connectivity index (χ4n) is 5.71. The number of hydrogen-bond donors (Lipinski definition) is 2. The first-order chi connectivity index (χ1) is 14.2. The number of hydrogen-bond acceptors (Lipinski definition) is 5. The predicted octanol–water partition coefficient (Wildman–Crippen LogP) is 2.95. The van der Waals surface area contributed by atoms with E-state index in [9.17, 15) is 9.90 Å². The lowest BCUT2D eigenvalue weighted by molar-refractivity contribution is -0.0859. The van der Waals surface area contributed by atoms with Crippen LogP contribution in [0.4, 0.5) is 0 Å². The molecule has 2 saturated heterocycles. The zero-order valence-electron chi connectivity index (χ0n) is 16.1. The predicted molar refractivity (Wildman–Crippen MR) is 108 cm³/mol. The van der Waals surface area contributed by atoms with Crippen molar-refractivity contribution in [1.82, 2.24) is 15.2 Å². The van der Waals surface area contributed by atoms with Crippen molar-refractivity contribution in [2.75, 3.05) is 13.1 Å². The highest BCUT2D eigenvalue weighted by atomic mass is 16.3. The number of carbonyl (C=O) groups excluding carboxylic acids is 1. The first-order valence-corrected chi connectivity index (χ1v) is 10.3. The molecule has 3 unspecified atom stereocenters. The number of nitrogens with one attached hydrogen (secondary N) is 1. The molecule has 3 aliphatic rings. The van der Waals surface area contributed by atoms with Crippen LogP contribution in [0.25, 0.3) is 22.6 Å². The summed E-state index contributed by atoms with van der Waals surface area (Å²) in [5.41, 5.74) is 3.57. The Labute approximate surface area is 168 Å². The summed E-state index contributed by atoms with van der Waals surface area (Å²) in [4.78, 5) is 20.3. The summed E-state index contributed by atoms with van der Waals surface area (Å²) in [5.74, 6) is 0.931. The average molecular weight is 389 g/mol. The minimum Gasteiger partial charge on any atom is -0.436 e. The molecule has 6 rings (SSSR count). The quantitative estimate of drug-likeness (QED) is 0.717. The van der Waals surface area contributed by atoms with Gasteiger partial charge in [0, 0.05) is 23.7 Å². The van der Waals surface area contributed by atoms with E-state index in [0.29, 0.717) is 34.0 Å². The van der Waals surface area contributed by atoms with Gasteiger partial charge in [-0.2, -0.15) is 0 Å². The van der Waals surface area contributed by atoms with Crippen LogP contribution in [0.5, 0.6) is 0 Å². The van der Waals surface area contributed by atoms with Gasteiger partial charge in [0.15, 0.2) is 5.58 Å². The minimum atomic E-state index is -0.0932. The molecule has 2 aromatic carbocycles. The number of benzene rings is 2. The lowest BCUT2D eigenvalue weighted by Crippen LogP contribution is -2.72. The fraction of sp³-hybridized carbons (Fsp3) is 0.391. The molecule has 3 atom stereocenters. The smallest absolute Gasteiger partial charge is 0.253 e. The Morgan fingerprint density at radius 2 is 2.14 bits per heavy atom. The Balaban J connectivity index is 1.29. The second-order valence-electron chi connectivity index (χ2n) is 8.51. The molecule has 1 aromatic heterocycles. The van der Waals surface area contributed by atoms with Gasteiger partial charge in [-0.05, 0) is 55.5 Å². The lowest BCUT2D eigenvalue weighted by atomic mass is 9.58. The normalized spacial score (nSPS) is 27.8. The largest absolute Gasteiger partial charge is 0.436 e. The van der Waals surface area contributed by atoms with Gasteiger partial charge < -0.3 is 14.8 Å². The molecule has 1 spiro atoms. The maximum atomic E-state index is 13.1. The highest BCUT2D eigenvalue weighted by Crippen LogP contribution is 2.57. The standard InChI is InChI=1S/C23H23N3O3/c27-13-14-4-1-2-5-15(14)22-25-20-16(6-3-7-19(20)29-22)21(28)24-18-12-23-9-11-26(23)10-8-17(18)23/h1-7,17-18,27H,8-13H2,(H,24,28). The van der Waals surface area contributed by atoms with Crippen molar-refractivity contribution < 1.29 is 14.3 Å². The molecule has 3 aromatic rings. The highest BCUT2D eigenvalue weighted by Gasteiger charge is 2.64. The van der Waals surface area contributed by atoms with E-state index in [2.05, 4.69) is 15.2 Å². The first kappa shape index (κ1) is 17.2. The molecule has 148 valence electrons. The number of aliphatic hydroxyl groups excluding tert-OH is 1. The number of para-hydroxylation sites is 1. The maximum absolute atomic E-state index is 13.1.